The Morgan fingerprint density at radius 2 is 1.81 bits per heavy atom. The fourth-order valence-electron chi connectivity index (χ4n) is 5.18. The number of imidazole rings is 2. The number of benzene rings is 2. The molecule has 2 N–H and O–H groups in total. The van der Waals surface area contributed by atoms with Crippen LogP contribution in [0.3, 0.4) is 0 Å². The van der Waals surface area contributed by atoms with E-state index < -0.39 is 0 Å². The van der Waals surface area contributed by atoms with Crippen molar-refractivity contribution >= 4 is 34.2 Å². The SMILES string of the molecule is Cc1ccc2nc(CNC(=O)c3cc(NC(=O)c4ccccc4)cc4ncn(C5CCCC5)c34)cn2c1. The van der Waals surface area contributed by atoms with Gasteiger partial charge in [-0.05, 0) is 55.7 Å². The molecular formula is C29H28N6O2. The lowest BCUT2D eigenvalue weighted by Crippen LogP contribution is -2.24. The Morgan fingerprint density at radius 1 is 1.00 bits per heavy atom. The topological polar surface area (TPSA) is 93.3 Å². The summed E-state index contributed by atoms with van der Waals surface area (Å²) in [5, 5.41) is 5.97. The first-order valence-corrected chi connectivity index (χ1v) is 12.6. The molecule has 2 aromatic carbocycles. The maximum Gasteiger partial charge on any atom is 0.255 e. The molecule has 1 saturated carbocycles. The molecule has 37 heavy (non-hydrogen) atoms. The highest BCUT2D eigenvalue weighted by Crippen LogP contribution is 2.34. The number of carbonyl (C=O) groups excluding carboxylic acids is 2. The summed E-state index contributed by atoms with van der Waals surface area (Å²) in [5.41, 5.74) is 5.80. The van der Waals surface area contributed by atoms with Crippen molar-refractivity contribution in [2.75, 3.05) is 5.32 Å². The molecule has 5 aromatic rings. The zero-order chi connectivity index (χ0) is 25.4. The number of fused-ring (bicyclic) bond motifs is 2. The molecule has 0 unspecified atom stereocenters. The second-order valence-corrected chi connectivity index (χ2v) is 9.69. The van der Waals surface area contributed by atoms with Crippen LogP contribution in [-0.4, -0.2) is 30.8 Å². The van der Waals surface area contributed by atoms with E-state index >= 15 is 0 Å². The Morgan fingerprint density at radius 3 is 2.62 bits per heavy atom. The van der Waals surface area contributed by atoms with E-state index in [0.717, 1.165) is 35.3 Å². The zero-order valence-corrected chi connectivity index (χ0v) is 20.6. The quantitative estimate of drug-likeness (QED) is 0.337. The molecule has 0 saturated heterocycles. The van der Waals surface area contributed by atoms with E-state index in [-0.39, 0.29) is 11.8 Å². The molecule has 0 radical (unpaired) electrons. The standard InChI is InChI=1S/C29H28N6O2/c1-19-11-12-26-32-22(17-34(26)16-19)15-30-29(37)24-13-21(33-28(36)20-7-3-2-4-8-20)14-25-27(24)35(18-31-25)23-9-5-6-10-23/h2-4,7-8,11-14,16-18,23H,5-6,9-10,15H2,1H3,(H,30,37)(H,33,36). The van der Waals surface area contributed by atoms with Gasteiger partial charge in [0.1, 0.15) is 5.65 Å². The number of nitrogens with one attached hydrogen (secondary N) is 2. The molecule has 0 aliphatic heterocycles. The molecule has 1 aliphatic carbocycles. The van der Waals surface area contributed by atoms with Crippen LogP contribution in [0.2, 0.25) is 0 Å². The van der Waals surface area contributed by atoms with Gasteiger partial charge < -0.3 is 19.6 Å². The van der Waals surface area contributed by atoms with E-state index in [0.29, 0.717) is 34.9 Å². The van der Waals surface area contributed by atoms with Gasteiger partial charge in [-0.1, -0.05) is 37.1 Å². The predicted molar refractivity (Wildman–Crippen MR) is 143 cm³/mol. The Balaban J connectivity index is 1.32. The number of nitrogens with zero attached hydrogens (tertiary/aromatic N) is 4. The second kappa shape index (κ2) is 9.54. The summed E-state index contributed by atoms with van der Waals surface area (Å²) >= 11 is 0. The third-order valence-electron chi connectivity index (χ3n) is 7.00. The lowest BCUT2D eigenvalue weighted by molar-refractivity contribution is 0.0950. The van der Waals surface area contributed by atoms with E-state index in [1.807, 2.05) is 66.4 Å². The number of pyridine rings is 1. The molecule has 3 aromatic heterocycles. The van der Waals surface area contributed by atoms with Crippen molar-refractivity contribution in [1.82, 2.24) is 24.3 Å². The highest BCUT2D eigenvalue weighted by atomic mass is 16.2. The smallest absolute Gasteiger partial charge is 0.255 e. The number of aromatic nitrogens is 4. The molecule has 6 rings (SSSR count). The summed E-state index contributed by atoms with van der Waals surface area (Å²) in [7, 11) is 0. The number of hydrogen-bond acceptors (Lipinski definition) is 4. The van der Waals surface area contributed by atoms with Crippen molar-refractivity contribution in [3.05, 3.63) is 95.7 Å². The number of carbonyl (C=O) groups is 2. The molecule has 1 fully saturated rings. The summed E-state index contributed by atoms with van der Waals surface area (Å²) in [6.07, 6.45) is 10.2. The van der Waals surface area contributed by atoms with E-state index in [2.05, 4.69) is 25.2 Å². The average molecular weight is 493 g/mol. The first-order chi connectivity index (χ1) is 18.0. The van der Waals surface area contributed by atoms with Gasteiger partial charge in [-0.15, -0.1) is 0 Å². The minimum absolute atomic E-state index is 0.228. The van der Waals surface area contributed by atoms with Gasteiger partial charge in [-0.3, -0.25) is 9.59 Å². The first-order valence-electron chi connectivity index (χ1n) is 12.6. The minimum Gasteiger partial charge on any atom is -0.346 e. The molecule has 0 atom stereocenters. The minimum atomic E-state index is -0.235. The van der Waals surface area contributed by atoms with E-state index in [9.17, 15) is 9.59 Å². The maximum absolute atomic E-state index is 13.6. The summed E-state index contributed by atoms with van der Waals surface area (Å²) in [4.78, 5) is 35.6. The Kier molecular flexibility index (Phi) is 5.92. The van der Waals surface area contributed by atoms with Crippen molar-refractivity contribution in [3.8, 4) is 0 Å². The fraction of sp³-hybridized carbons (Fsp3) is 0.241. The average Bonchev–Trinajstić information content (AvgIpc) is 3.66. The zero-order valence-electron chi connectivity index (χ0n) is 20.6. The predicted octanol–water partition coefficient (Wildman–Crippen LogP) is 5.29. The van der Waals surface area contributed by atoms with Gasteiger partial charge in [-0.2, -0.15) is 0 Å². The summed E-state index contributed by atoms with van der Waals surface area (Å²) in [6.45, 7) is 2.32. The third kappa shape index (κ3) is 4.58. The van der Waals surface area contributed by atoms with Crippen molar-refractivity contribution < 1.29 is 9.59 Å². The molecule has 3 heterocycles. The van der Waals surface area contributed by atoms with Crippen LogP contribution >= 0.6 is 0 Å². The molecule has 2 amide bonds. The van der Waals surface area contributed by atoms with Gasteiger partial charge in [0.15, 0.2) is 0 Å². The number of rotatable bonds is 6. The van der Waals surface area contributed by atoms with Gasteiger partial charge in [0.25, 0.3) is 11.8 Å². The highest BCUT2D eigenvalue weighted by Gasteiger charge is 2.23. The third-order valence-corrected chi connectivity index (χ3v) is 7.00. The van der Waals surface area contributed by atoms with Gasteiger partial charge in [0.05, 0.1) is 35.2 Å². The normalized spacial score (nSPS) is 13.9. The van der Waals surface area contributed by atoms with E-state index in [4.69, 9.17) is 0 Å². The van der Waals surface area contributed by atoms with Crippen LogP contribution in [0.5, 0.6) is 0 Å². The first kappa shape index (κ1) is 23.0. The van der Waals surface area contributed by atoms with Gasteiger partial charge in [0, 0.05) is 29.7 Å². The van der Waals surface area contributed by atoms with Gasteiger partial charge in [0.2, 0.25) is 0 Å². The Hall–Kier alpha value is -4.46. The Bertz CT molecular complexity index is 1610. The maximum atomic E-state index is 13.6. The van der Waals surface area contributed by atoms with Crippen LogP contribution in [0.1, 0.15) is 63.7 Å². The van der Waals surface area contributed by atoms with Crippen LogP contribution in [0.15, 0.2) is 73.3 Å². The number of hydrogen-bond donors (Lipinski definition) is 2. The van der Waals surface area contributed by atoms with Crippen molar-refractivity contribution in [2.45, 2.75) is 45.2 Å². The van der Waals surface area contributed by atoms with Crippen molar-refractivity contribution in [1.29, 1.82) is 0 Å². The van der Waals surface area contributed by atoms with Crippen LogP contribution in [0.25, 0.3) is 16.7 Å². The lowest BCUT2D eigenvalue weighted by Gasteiger charge is -2.16. The Labute approximate surface area is 214 Å². The highest BCUT2D eigenvalue weighted by molar-refractivity contribution is 6.09. The monoisotopic (exact) mass is 492 g/mol. The van der Waals surface area contributed by atoms with Crippen molar-refractivity contribution in [2.24, 2.45) is 0 Å². The second-order valence-electron chi connectivity index (χ2n) is 9.69. The molecule has 0 bridgehead atoms. The van der Waals surface area contributed by atoms with Gasteiger partial charge in [-0.25, -0.2) is 9.97 Å². The van der Waals surface area contributed by atoms with Crippen LogP contribution in [0, 0.1) is 6.92 Å². The number of anilines is 1. The largest absolute Gasteiger partial charge is 0.346 e. The fourth-order valence-corrected chi connectivity index (χ4v) is 5.18. The summed E-state index contributed by atoms with van der Waals surface area (Å²) < 4.78 is 4.09. The summed E-state index contributed by atoms with van der Waals surface area (Å²) in [5.74, 6) is -0.463. The van der Waals surface area contributed by atoms with E-state index in [1.165, 1.54) is 12.8 Å². The molecule has 1 aliphatic rings. The molecule has 8 nitrogen and oxygen atoms in total. The van der Waals surface area contributed by atoms with Crippen LogP contribution < -0.4 is 10.6 Å². The van der Waals surface area contributed by atoms with Crippen molar-refractivity contribution in [3.63, 3.8) is 0 Å². The summed E-state index contributed by atoms with van der Waals surface area (Å²) in [6, 6.07) is 16.9. The van der Waals surface area contributed by atoms with Crippen LogP contribution in [-0.2, 0) is 6.54 Å². The lowest BCUT2D eigenvalue weighted by atomic mass is 10.1. The number of amides is 2. The molecule has 8 heteroatoms. The molecule has 0 spiro atoms. The number of aryl methyl sites for hydroxylation is 1. The van der Waals surface area contributed by atoms with Crippen LogP contribution in [0.4, 0.5) is 5.69 Å². The van der Waals surface area contributed by atoms with Gasteiger partial charge >= 0.3 is 0 Å². The van der Waals surface area contributed by atoms with E-state index in [1.54, 1.807) is 18.2 Å². The molecule has 186 valence electrons. The molecular weight excluding hydrogens is 464 g/mol.